The van der Waals surface area contributed by atoms with E-state index in [4.69, 9.17) is 9.47 Å². The molecule has 0 spiro atoms. The summed E-state index contributed by atoms with van der Waals surface area (Å²) in [4.78, 5) is 14.3. The molecule has 1 saturated heterocycles. The Bertz CT molecular complexity index is 630. The molecule has 1 aliphatic heterocycles. The average Bonchev–Trinajstić information content (AvgIpc) is 3.00. The lowest BCUT2D eigenvalue weighted by Gasteiger charge is -2.27. The van der Waals surface area contributed by atoms with Crippen LogP contribution in [0.3, 0.4) is 0 Å². The zero-order valence-electron chi connectivity index (χ0n) is 13.2. The minimum Gasteiger partial charge on any atom is -0.463 e. The summed E-state index contributed by atoms with van der Waals surface area (Å²) in [6, 6.07) is 20.3. The first-order valence-electron chi connectivity index (χ1n) is 7.92. The second kappa shape index (κ2) is 7.40. The molecule has 4 heteroatoms. The Hall–Kier alpha value is -2.17. The molecule has 23 heavy (non-hydrogen) atoms. The average molecular weight is 311 g/mol. The molecule has 0 unspecified atom stereocenters. The summed E-state index contributed by atoms with van der Waals surface area (Å²) in [6.45, 7) is 3.29. The maximum atomic E-state index is 12.2. The fourth-order valence-corrected chi connectivity index (χ4v) is 2.90. The first-order chi connectivity index (χ1) is 11.3. The van der Waals surface area contributed by atoms with Crippen LogP contribution in [0.15, 0.2) is 60.7 Å². The van der Waals surface area contributed by atoms with E-state index < -0.39 is 6.23 Å². The van der Waals surface area contributed by atoms with E-state index in [1.807, 2.05) is 43.3 Å². The molecule has 4 nitrogen and oxygen atoms in total. The molecule has 1 aliphatic rings. The molecule has 0 aromatic heterocycles. The predicted octanol–water partition coefficient (Wildman–Crippen LogP) is 3.15. The summed E-state index contributed by atoms with van der Waals surface area (Å²) in [5, 5.41) is 0. The van der Waals surface area contributed by atoms with Gasteiger partial charge in [-0.3, -0.25) is 4.90 Å². The third-order valence-electron chi connectivity index (χ3n) is 3.99. The zero-order chi connectivity index (χ0) is 16.1. The largest absolute Gasteiger partial charge is 0.463 e. The van der Waals surface area contributed by atoms with Crippen molar-refractivity contribution < 1.29 is 14.3 Å². The molecule has 1 fully saturated rings. The van der Waals surface area contributed by atoms with Gasteiger partial charge in [0.2, 0.25) is 6.23 Å². The van der Waals surface area contributed by atoms with Gasteiger partial charge in [0.1, 0.15) is 0 Å². The van der Waals surface area contributed by atoms with Gasteiger partial charge in [-0.15, -0.1) is 0 Å². The molecule has 120 valence electrons. The van der Waals surface area contributed by atoms with Crippen molar-refractivity contribution >= 4 is 5.97 Å². The van der Waals surface area contributed by atoms with Crippen molar-refractivity contribution in [3.05, 3.63) is 71.8 Å². The third-order valence-corrected chi connectivity index (χ3v) is 3.99. The Labute approximate surface area is 136 Å². The van der Waals surface area contributed by atoms with E-state index >= 15 is 0 Å². The van der Waals surface area contributed by atoms with Crippen molar-refractivity contribution in [1.82, 2.24) is 4.90 Å². The van der Waals surface area contributed by atoms with Crippen molar-refractivity contribution in [2.24, 2.45) is 0 Å². The van der Waals surface area contributed by atoms with Crippen LogP contribution in [-0.2, 0) is 20.8 Å². The first kappa shape index (κ1) is 15.7. The van der Waals surface area contributed by atoms with Crippen LogP contribution in [-0.4, -0.2) is 30.3 Å². The molecular weight excluding hydrogens is 290 g/mol. The lowest BCUT2D eigenvalue weighted by Crippen LogP contribution is -2.39. The van der Waals surface area contributed by atoms with Gasteiger partial charge in [0.25, 0.3) is 0 Å². The molecule has 0 radical (unpaired) electrons. The summed E-state index contributed by atoms with van der Waals surface area (Å²) >= 11 is 0. The molecule has 2 atom stereocenters. The number of carbonyl (C=O) groups is 1. The van der Waals surface area contributed by atoms with Gasteiger partial charge in [-0.25, -0.2) is 4.79 Å². The van der Waals surface area contributed by atoms with Gasteiger partial charge in [0, 0.05) is 6.54 Å². The van der Waals surface area contributed by atoms with Crippen molar-refractivity contribution in [1.29, 1.82) is 0 Å². The van der Waals surface area contributed by atoms with Crippen LogP contribution in [0.4, 0.5) is 0 Å². The van der Waals surface area contributed by atoms with Gasteiger partial charge in [0.05, 0.1) is 19.3 Å². The standard InChI is InChI=1S/C19H21NO3/c1-2-22-19(21)18-20(13-15-9-5-3-6-10-15)17(14-23-18)16-11-7-4-8-12-16/h3-12,17-18H,2,13-14H2,1H3/t17-,18+/m1/s1. The van der Waals surface area contributed by atoms with Gasteiger partial charge >= 0.3 is 5.97 Å². The van der Waals surface area contributed by atoms with Crippen LogP contribution >= 0.6 is 0 Å². The predicted molar refractivity (Wildman–Crippen MR) is 87.5 cm³/mol. The molecule has 3 rings (SSSR count). The number of ether oxygens (including phenoxy) is 2. The number of nitrogens with zero attached hydrogens (tertiary/aromatic N) is 1. The maximum Gasteiger partial charge on any atom is 0.350 e. The number of rotatable bonds is 5. The Kier molecular flexibility index (Phi) is 5.05. The maximum absolute atomic E-state index is 12.2. The van der Waals surface area contributed by atoms with Crippen LogP contribution in [0.5, 0.6) is 0 Å². The number of benzene rings is 2. The van der Waals surface area contributed by atoms with Crippen molar-refractivity contribution in [2.45, 2.75) is 25.7 Å². The monoisotopic (exact) mass is 311 g/mol. The molecular formula is C19H21NO3. The van der Waals surface area contributed by atoms with E-state index in [1.54, 1.807) is 0 Å². The normalized spacial score (nSPS) is 21.3. The van der Waals surface area contributed by atoms with Crippen LogP contribution < -0.4 is 0 Å². The second-order valence-corrected chi connectivity index (χ2v) is 5.52. The second-order valence-electron chi connectivity index (χ2n) is 5.52. The Morgan fingerprint density at radius 2 is 1.78 bits per heavy atom. The highest BCUT2D eigenvalue weighted by Crippen LogP contribution is 2.32. The summed E-state index contributed by atoms with van der Waals surface area (Å²) in [5.74, 6) is -0.318. The van der Waals surface area contributed by atoms with Gasteiger partial charge in [-0.1, -0.05) is 60.7 Å². The van der Waals surface area contributed by atoms with Gasteiger partial charge in [-0.05, 0) is 18.1 Å². The van der Waals surface area contributed by atoms with E-state index in [2.05, 4.69) is 29.2 Å². The van der Waals surface area contributed by atoms with Crippen LogP contribution in [0, 0.1) is 0 Å². The molecule has 0 amide bonds. The summed E-state index contributed by atoms with van der Waals surface area (Å²) < 4.78 is 10.9. The molecule has 0 bridgehead atoms. The topological polar surface area (TPSA) is 38.8 Å². The molecule has 2 aromatic rings. The Morgan fingerprint density at radius 3 is 2.43 bits per heavy atom. The smallest absolute Gasteiger partial charge is 0.350 e. The third kappa shape index (κ3) is 3.60. The first-order valence-corrected chi connectivity index (χ1v) is 7.92. The minimum absolute atomic E-state index is 0.0470. The van der Waals surface area contributed by atoms with Crippen molar-refractivity contribution in [2.75, 3.05) is 13.2 Å². The molecule has 0 aliphatic carbocycles. The highest BCUT2D eigenvalue weighted by Gasteiger charge is 2.40. The number of hydrogen-bond donors (Lipinski definition) is 0. The lowest BCUT2D eigenvalue weighted by molar-refractivity contribution is -0.161. The van der Waals surface area contributed by atoms with Crippen LogP contribution in [0.1, 0.15) is 24.1 Å². The molecule has 2 aromatic carbocycles. The van der Waals surface area contributed by atoms with E-state index in [0.29, 0.717) is 19.8 Å². The van der Waals surface area contributed by atoms with E-state index in [1.165, 1.54) is 0 Å². The van der Waals surface area contributed by atoms with E-state index in [9.17, 15) is 4.79 Å². The van der Waals surface area contributed by atoms with E-state index in [0.717, 1.165) is 11.1 Å². The summed E-state index contributed by atoms with van der Waals surface area (Å²) in [7, 11) is 0. The van der Waals surface area contributed by atoms with Crippen LogP contribution in [0.25, 0.3) is 0 Å². The molecule has 0 N–H and O–H groups in total. The zero-order valence-corrected chi connectivity index (χ0v) is 13.2. The Balaban J connectivity index is 1.86. The fraction of sp³-hybridized carbons (Fsp3) is 0.316. The van der Waals surface area contributed by atoms with Crippen molar-refractivity contribution in [3.8, 4) is 0 Å². The SMILES string of the molecule is CCOC(=O)[C@@H]1OC[C@H](c2ccccc2)N1Cc1ccccc1. The van der Waals surface area contributed by atoms with Crippen LogP contribution in [0.2, 0.25) is 0 Å². The van der Waals surface area contributed by atoms with Gasteiger partial charge in [0.15, 0.2) is 0 Å². The van der Waals surface area contributed by atoms with Gasteiger partial charge in [-0.2, -0.15) is 0 Å². The van der Waals surface area contributed by atoms with E-state index in [-0.39, 0.29) is 12.0 Å². The fourth-order valence-electron chi connectivity index (χ4n) is 2.90. The minimum atomic E-state index is -0.652. The molecule has 0 saturated carbocycles. The number of hydrogen-bond acceptors (Lipinski definition) is 4. The summed E-state index contributed by atoms with van der Waals surface area (Å²) in [6.07, 6.45) is -0.652. The highest BCUT2D eigenvalue weighted by molar-refractivity contribution is 5.74. The highest BCUT2D eigenvalue weighted by atomic mass is 16.6. The summed E-state index contributed by atoms with van der Waals surface area (Å²) in [5.41, 5.74) is 2.29. The molecule has 1 heterocycles. The number of esters is 1. The Morgan fingerprint density at radius 1 is 1.13 bits per heavy atom. The number of carbonyl (C=O) groups excluding carboxylic acids is 1. The quantitative estimate of drug-likeness (QED) is 0.795. The lowest BCUT2D eigenvalue weighted by atomic mass is 10.1. The van der Waals surface area contributed by atoms with Gasteiger partial charge < -0.3 is 9.47 Å². The van der Waals surface area contributed by atoms with Crippen molar-refractivity contribution in [3.63, 3.8) is 0 Å².